The van der Waals surface area contributed by atoms with Crippen molar-refractivity contribution in [3.8, 4) is 0 Å². The third-order valence-corrected chi connectivity index (χ3v) is 5.69. The second-order valence-electron chi connectivity index (χ2n) is 7.91. The van der Waals surface area contributed by atoms with Crippen LogP contribution in [0.15, 0.2) is 36.4 Å². The molecule has 152 valence electrons. The Balaban J connectivity index is 1.67. The predicted molar refractivity (Wildman–Crippen MR) is 114 cm³/mol. The van der Waals surface area contributed by atoms with Gasteiger partial charge in [-0.3, -0.25) is 4.79 Å². The lowest BCUT2D eigenvalue weighted by Gasteiger charge is -2.23. The largest absolute Gasteiger partial charge is 0.331 e. The third kappa shape index (κ3) is 4.30. The maximum atomic E-state index is 14.0. The van der Waals surface area contributed by atoms with E-state index in [0.29, 0.717) is 35.2 Å². The van der Waals surface area contributed by atoms with E-state index in [0.717, 1.165) is 29.8 Å². The fraction of sp³-hybridized carbons (Fsp3) is 0.391. The van der Waals surface area contributed by atoms with Gasteiger partial charge in [-0.25, -0.2) is 9.37 Å². The summed E-state index contributed by atoms with van der Waals surface area (Å²) in [6, 6.07) is 10.4. The van der Waals surface area contributed by atoms with Gasteiger partial charge in [0.05, 0.1) is 17.6 Å². The first kappa shape index (κ1) is 19.9. The molecule has 1 aromatic heterocycles. The minimum Gasteiger partial charge on any atom is -0.331 e. The molecule has 0 N–H and O–H groups in total. The molecule has 4 nitrogen and oxygen atoms in total. The smallest absolute Gasteiger partial charge is 0.254 e. The number of benzene rings is 2. The van der Waals surface area contributed by atoms with E-state index in [1.165, 1.54) is 18.9 Å². The van der Waals surface area contributed by atoms with Crippen LogP contribution in [0.5, 0.6) is 0 Å². The highest BCUT2D eigenvalue weighted by Gasteiger charge is 2.26. The zero-order chi connectivity index (χ0) is 20.5. The van der Waals surface area contributed by atoms with E-state index in [9.17, 15) is 9.18 Å². The Kier molecular flexibility index (Phi) is 5.59. The normalized spacial score (nSPS) is 13.8. The highest BCUT2D eigenvalue weighted by atomic mass is 35.5. The van der Waals surface area contributed by atoms with Crippen LogP contribution >= 0.6 is 11.6 Å². The summed E-state index contributed by atoms with van der Waals surface area (Å²) in [5.74, 6) is 0.979. The van der Waals surface area contributed by atoms with Crippen molar-refractivity contribution < 1.29 is 9.18 Å². The Bertz CT molecular complexity index is 1060. The molecule has 0 aliphatic heterocycles. The summed E-state index contributed by atoms with van der Waals surface area (Å²) >= 11 is 6.22. The molecule has 0 bridgehead atoms. The predicted octanol–water partition coefficient (Wildman–Crippen LogP) is 5.60. The van der Waals surface area contributed by atoms with Gasteiger partial charge in [0, 0.05) is 23.7 Å². The van der Waals surface area contributed by atoms with Crippen LogP contribution in [0, 0.1) is 18.7 Å². The van der Waals surface area contributed by atoms with Gasteiger partial charge in [-0.15, -0.1) is 0 Å². The zero-order valence-corrected chi connectivity index (χ0v) is 17.5. The van der Waals surface area contributed by atoms with Crippen molar-refractivity contribution in [2.45, 2.75) is 46.2 Å². The van der Waals surface area contributed by atoms with Crippen molar-refractivity contribution in [3.05, 3.63) is 64.2 Å². The average molecular weight is 414 g/mol. The number of rotatable bonds is 7. The summed E-state index contributed by atoms with van der Waals surface area (Å²) < 4.78 is 16.2. The van der Waals surface area contributed by atoms with Crippen LogP contribution < -0.4 is 0 Å². The molecule has 2 aromatic carbocycles. The Morgan fingerprint density at radius 1 is 1.28 bits per heavy atom. The van der Waals surface area contributed by atoms with Crippen LogP contribution in [0.1, 0.15) is 47.9 Å². The van der Waals surface area contributed by atoms with Crippen LogP contribution in [-0.2, 0) is 13.1 Å². The summed E-state index contributed by atoms with van der Waals surface area (Å²) in [5, 5.41) is 0.678. The molecular formula is C23H25ClFN3O. The van der Waals surface area contributed by atoms with Crippen LogP contribution in [0.25, 0.3) is 11.0 Å². The fourth-order valence-corrected chi connectivity index (χ4v) is 3.80. The average Bonchev–Trinajstić information content (AvgIpc) is 3.46. The second kappa shape index (κ2) is 8.15. The molecule has 3 aromatic rings. The zero-order valence-electron chi connectivity index (χ0n) is 16.8. The number of aromatic nitrogens is 2. The van der Waals surface area contributed by atoms with Crippen molar-refractivity contribution in [2.75, 3.05) is 6.54 Å². The molecule has 0 spiro atoms. The number of nitrogens with zero attached hydrogens (tertiary/aromatic N) is 3. The van der Waals surface area contributed by atoms with Gasteiger partial charge in [0.1, 0.15) is 11.6 Å². The van der Waals surface area contributed by atoms with Gasteiger partial charge in [-0.1, -0.05) is 24.6 Å². The van der Waals surface area contributed by atoms with E-state index in [1.807, 2.05) is 25.1 Å². The Morgan fingerprint density at radius 3 is 2.76 bits per heavy atom. The number of carbonyl (C=O) groups is 1. The van der Waals surface area contributed by atoms with E-state index < -0.39 is 0 Å². The quantitative estimate of drug-likeness (QED) is 0.505. The van der Waals surface area contributed by atoms with Crippen LogP contribution in [0.4, 0.5) is 4.39 Å². The molecule has 4 rings (SSSR count). The van der Waals surface area contributed by atoms with Crippen molar-refractivity contribution in [1.29, 1.82) is 0 Å². The molecule has 0 saturated heterocycles. The minimum absolute atomic E-state index is 0.172. The molecule has 1 aliphatic carbocycles. The molecule has 1 amide bonds. The van der Waals surface area contributed by atoms with Crippen molar-refractivity contribution >= 4 is 28.5 Å². The summed E-state index contributed by atoms with van der Waals surface area (Å²) in [7, 11) is 0. The molecule has 0 atom stereocenters. The Hall–Kier alpha value is -2.40. The van der Waals surface area contributed by atoms with E-state index in [-0.39, 0.29) is 11.7 Å². The molecular weight excluding hydrogens is 389 g/mol. The van der Waals surface area contributed by atoms with E-state index in [1.54, 1.807) is 24.0 Å². The first-order valence-electron chi connectivity index (χ1n) is 10.2. The molecule has 1 heterocycles. The number of imidazole rings is 1. The topological polar surface area (TPSA) is 38.1 Å². The maximum Gasteiger partial charge on any atom is 0.254 e. The van der Waals surface area contributed by atoms with Crippen LogP contribution in [0.2, 0.25) is 5.02 Å². The molecule has 1 saturated carbocycles. The van der Waals surface area contributed by atoms with Gasteiger partial charge < -0.3 is 9.47 Å². The highest BCUT2D eigenvalue weighted by Crippen LogP contribution is 2.33. The first-order valence-corrected chi connectivity index (χ1v) is 10.5. The lowest BCUT2D eigenvalue weighted by molar-refractivity contribution is 0.0736. The van der Waals surface area contributed by atoms with Crippen LogP contribution in [-0.4, -0.2) is 26.9 Å². The fourth-order valence-electron chi connectivity index (χ4n) is 3.63. The van der Waals surface area contributed by atoms with Gasteiger partial charge in [0.15, 0.2) is 0 Å². The minimum atomic E-state index is -0.358. The van der Waals surface area contributed by atoms with Gasteiger partial charge in [0.25, 0.3) is 5.91 Å². The number of halogens is 2. The molecule has 0 unspecified atom stereocenters. The molecule has 29 heavy (non-hydrogen) atoms. The van der Waals surface area contributed by atoms with Crippen molar-refractivity contribution in [3.63, 3.8) is 0 Å². The van der Waals surface area contributed by atoms with Crippen molar-refractivity contribution in [2.24, 2.45) is 5.92 Å². The summed E-state index contributed by atoms with van der Waals surface area (Å²) in [6.07, 6.45) is 3.26. The number of carbonyl (C=O) groups excluding carboxylic acids is 1. The lowest BCUT2D eigenvalue weighted by atomic mass is 10.1. The monoisotopic (exact) mass is 413 g/mol. The molecule has 6 heteroatoms. The first-order chi connectivity index (χ1) is 14.0. The van der Waals surface area contributed by atoms with E-state index in [2.05, 4.69) is 4.57 Å². The second-order valence-corrected chi connectivity index (χ2v) is 8.34. The van der Waals surface area contributed by atoms with E-state index >= 15 is 0 Å². The number of amides is 1. The van der Waals surface area contributed by atoms with Gasteiger partial charge >= 0.3 is 0 Å². The molecule has 1 aliphatic rings. The molecule has 0 radical (unpaired) electrons. The Morgan fingerprint density at radius 2 is 2.07 bits per heavy atom. The number of aryl methyl sites for hydroxylation is 1. The number of hydrogen-bond donors (Lipinski definition) is 0. The van der Waals surface area contributed by atoms with Gasteiger partial charge in [-0.05, 0) is 68.0 Å². The van der Waals surface area contributed by atoms with Gasteiger partial charge in [-0.2, -0.15) is 0 Å². The standard InChI is InChI=1S/C23H25ClFN3O/c1-3-10-27(23(29)17-7-4-15(2)19(25)11-17)14-22-26-20-9-8-18(24)12-21(20)28(22)13-16-5-6-16/h4,7-9,11-12,16H,3,5-6,10,13-14H2,1-2H3. The third-order valence-electron chi connectivity index (χ3n) is 5.46. The number of fused-ring (bicyclic) bond motifs is 1. The summed E-state index contributed by atoms with van der Waals surface area (Å²) in [6.45, 7) is 5.59. The Labute approximate surface area is 175 Å². The van der Waals surface area contributed by atoms with Crippen molar-refractivity contribution in [1.82, 2.24) is 14.5 Å². The summed E-state index contributed by atoms with van der Waals surface area (Å²) in [5.41, 5.74) is 2.79. The number of hydrogen-bond acceptors (Lipinski definition) is 2. The lowest BCUT2D eigenvalue weighted by Crippen LogP contribution is -2.32. The maximum absolute atomic E-state index is 14.0. The van der Waals surface area contributed by atoms with Crippen LogP contribution in [0.3, 0.4) is 0 Å². The SMILES string of the molecule is CCCN(Cc1nc2ccc(Cl)cc2n1CC1CC1)C(=O)c1ccc(C)c(F)c1. The van der Waals surface area contributed by atoms with Gasteiger partial charge in [0.2, 0.25) is 0 Å². The van der Waals surface area contributed by atoms with E-state index in [4.69, 9.17) is 16.6 Å². The summed E-state index contributed by atoms with van der Waals surface area (Å²) in [4.78, 5) is 19.7. The molecule has 1 fully saturated rings. The highest BCUT2D eigenvalue weighted by molar-refractivity contribution is 6.31.